The molecule has 5 heteroatoms. The highest BCUT2D eigenvalue weighted by atomic mass is 31.2. The van der Waals surface area contributed by atoms with E-state index in [1.165, 1.54) is 6.08 Å². The fraction of sp³-hybridized carbons (Fsp3) is 0.818. The Labute approximate surface area is 98.5 Å². The second-order valence-electron chi connectivity index (χ2n) is 3.29. The van der Waals surface area contributed by atoms with Gasteiger partial charge in [-0.2, -0.15) is 0 Å². The van der Waals surface area contributed by atoms with Gasteiger partial charge in [-0.15, -0.1) is 0 Å². The number of rotatable bonds is 10. The molecule has 0 aliphatic rings. The lowest BCUT2D eigenvalue weighted by Crippen LogP contribution is -2.15. The van der Waals surface area contributed by atoms with Crippen molar-refractivity contribution < 1.29 is 18.3 Å². The molecule has 0 fully saturated rings. The maximum atomic E-state index is 12.4. The third-order valence-electron chi connectivity index (χ3n) is 1.80. The minimum absolute atomic E-state index is 0.401. The van der Waals surface area contributed by atoms with E-state index in [-0.39, 0.29) is 0 Å². The molecule has 16 heavy (non-hydrogen) atoms. The summed E-state index contributed by atoms with van der Waals surface area (Å²) < 4.78 is 28.4. The molecule has 0 saturated heterocycles. The average Bonchev–Trinajstić information content (AvgIpc) is 2.30. The van der Waals surface area contributed by atoms with Gasteiger partial charge in [0.2, 0.25) is 0 Å². The molecule has 0 aromatic carbocycles. The smallest absolute Gasteiger partial charge is 0.362 e. The molecule has 0 bridgehead atoms. The molecule has 0 saturated carbocycles. The van der Waals surface area contributed by atoms with Crippen LogP contribution in [0.5, 0.6) is 0 Å². The third-order valence-corrected chi connectivity index (χ3v) is 3.87. The second kappa shape index (κ2) is 8.94. The van der Waals surface area contributed by atoms with Crippen LogP contribution in [0, 0.1) is 0 Å². The standard InChI is InChI=1S/C11H23O4P/c1-5-9-14-16(12,15-10-6-2)11(7-3)13-8-4/h7,11H,3,5-6,8-10H2,1-2,4H3. The van der Waals surface area contributed by atoms with Gasteiger partial charge in [0.25, 0.3) is 0 Å². The topological polar surface area (TPSA) is 44.8 Å². The highest BCUT2D eigenvalue weighted by Gasteiger charge is 2.34. The van der Waals surface area contributed by atoms with Gasteiger partial charge in [0.1, 0.15) is 0 Å². The lowest BCUT2D eigenvalue weighted by Gasteiger charge is -2.24. The second-order valence-corrected chi connectivity index (χ2v) is 5.39. The van der Waals surface area contributed by atoms with Crippen LogP contribution in [0.2, 0.25) is 0 Å². The van der Waals surface area contributed by atoms with Crippen molar-refractivity contribution in [3.63, 3.8) is 0 Å². The summed E-state index contributed by atoms with van der Waals surface area (Å²) in [5, 5.41) is 0. The molecular weight excluding hydrogens is 227 g/mol. The van der Waals surface area contributed by atoms with Gasteiger partial charge >= 0.3 is 7.60 Å². The minimum atomic E-state index is -3.22. The molecule has 0 aromatic rings. The predicted molar refractivity (Wildman–Crippen MR) is 65.7 cm³/mol. The van der Waals surface area contributed by atoms with Crippen molar-refractivity contribution in [1.82, 2.24) is 0 Å². The van der Waals surface area contributed by atoms with Gasteiger partial charge < -0.3 is 13.8 Å². The molecule has 0 N–H and O–H groups in total. The van der Waals surface area contributed by atoms with Crippen molar-refractivity contribution >= 4 is 7.60 Å². The normalized spacial score (nSPS) is 13.7. The van der Waals surface area contributed by atoms with Crippen molar-refractivity contribution in [2.75, 3.05) is 19.8 Å². The van der Waals surface area contributed by atoms with E-state index in [4.69, 9.17) is 13.8 Å². The van der Waals surface area contributed by atoms with Crippen LogP contribution in [0.25, 0.3) is 0 Å². The summed E-state index contributed by atoms with van der Waals surface area (Å²) >= 11 is 0. The van der Waals surface area contributed by atoms with Crippen molar-refractivity contribution in [1.29, 1.82) is 0 Å². The van der Waals surface area contributed by atoms with Crippen LogP contribution >= 0.6 is 7.60 Å². The summed E-state index contributed by atoms with van der Waals surface area (Å²) in [6.07, 6.45) is 3.06. The summed E-state index contributed by atoms with van der Waals surface area (Å²) in [4.78, 5) is 0. The van der Waals surface area contributed by atoms with Crippen LogP contribution in [0.4, 0.5) is 0 Å². The minimum Gasteiger partial charge on any atom is -0.362 e. The molecule has 1 unspecified atom stereocenters. The van der Waals surface area contributed by atoms with Crippen LogP contribution in [-0.2, 0) is 18.3 Å². The number of hydrogen-bond acceptors (Lipinski definition) is 4. The largest absolute Gasteiger partial charge is 0.363 e. The third kappa shape index (κ3) is 5.26. The molecule has 1 atom stereocenters. The van der Waals surface area contributed by atoms with E-state index in [2.05, 4.69) is 6.58 Å². The Morgan fingerprint density at radius 1 is 1.19 bits per heavy atom. The monoisotopic (exact) mass is 250 g/mol. The number of ether oxygens (including phenoxy) is 1. The maximum absolute atomic E-state index is 12.4. The van der Waals surface area contributed by atoms with Crippen LogP contribution in [0.15, 0.2) is 12.7 Å². The maximum Gasteiger partial charge on any atom is 0.363 e. The summed E-state index contributed by atoms with van der Waals surface area (Å²) in [6, 6.07) is 0. The van der Waals surface area contributed by atoms with Crippen LogP contribution in [0.3, 0.4) is 0 Å². The number of hydrogen-bond donors (Lipinski definition) is 0. The Hall–Kier alpha value is -0.150. The van der Waals surface area contributed by atoms with Gasteiger partial charge in [0.05, 0.1) is 13.2 Å². The molecule has 0 amide bonds. The van der Waals surface area contributed by atoms with E-state index in [0.29, 0.717) is 19.8 Å². The van der Waals surface area contributed by atoms with E-state index >= 15 is 0 Å². The Bertz CT molecular complexity index is 218. The van der Waals surface area contributed by atoms with Crippen molar-refractivity contribution in [3.05, 3.63) is 12.7 Å². The summed E-state index contributed by atoms with van der Waals surface area (Å²) in [7, 11) is -3.22. The first-order valence-corrected chi connectivity index (χ1v) is 7.38. The van der Waals surface area contributed by atoms with E-state index < -0.39 is 13.4 Å². The molecule has 4 nitrogen and oxygen atoms in total. The predicted octanol–water partition coefficient (Wildman–Crippen LogP) is 3.58. The molecule has 0 rings (SSSR count). The van der Waals surface area contributed by atoms with E-state index in [9.17, 15) is 4.57 Å². The molecule has 0 heterocycles. The molecular formula is C11H23O4P. The molecule has 0 aromatic heterocycles. The van der Waals surface area contributed by atoms with Crippen molar-refractivity contribution in [2.45, 2.75) is 39.5 Å². The van der Waals surface area contributed by atoms with Crippen molar-refractivity contribution in [2.24, 2.45) is 0 Å². The van der Waals surface area contributed by atoms with Gasteiger partial charge in [-0.1, -0.05) is 26.5 Å². The highest BCUT2D eigenvalue weighted by molar-refractivity contribution is 7.54. The van der Waals surface area contributed by atoms with Crippen LogP contribution in [0.1, 0.15) is 33.6 Å². The lowest BCUT2D eigenvalue weighted by molar-refractivity contribution is 0.1000. The van der Waals surface area contributed by atoms with Gasteiger partial charge in [-0.25, -0.2) is 0 Å². The zero-order valence-electron chi connectivity index (χ0n) is 10.5. The average molecular weight is 250 g/mol. The van der Waals surface area contributed by atoms with Crippen LogP contribution < -0.4 is 0 Å². The highest BCUT2D eigenvalue weighted by Crippen LogP contribution is 2.54. The Kier molecular flexibility index (Phi) is 8.86. The molecule has 0 aliphatic carbocycles. The SMILES string of the molecule is C=CC(OCC)P(=O)(OCCC)OCCC. The Balaban J connectivity index is 4.58. The fourth-order valence-corrected chi connectivity index (χ4v) is 2.91. The zero-order valence-corrected chi connectivity index (χ0v) is 11.4. The lowest BCUT2D eigenvalue weighted by atomic mass is 10.5. The molecule has 96 valence electrons. The zero-order chi connectivity index (χ0) is 12.4. The van der Waals surface area contributed by atoms with Gasteiger partial charge in [0, 0.05) is 6.61 Å². The summed E-state index contributed by atoms with van der Waals surface area (Å²) in [5.74, 6) is -0.671. The quantitative estimate of drug-likeness (QED) is 0.439. The van der Waals surface area contributed by atoms with E-state index in [0.717, 1.165) is 12.8 Å². The van der Waals surface area contributed by atoms with E-state index in [1.807, 2.05) is 20.8 Å². The van der Waals surface area contributed by atoms with E-state index in [1.54, 1.807) is 0 Å². The van der Waals surface area contributed by atoms with Crippen molar-refractivity contribution in [3.8, 4) is 0 Å². The first kappa shape index (κ1) is 15.9. The Morgan fingerprint density at radius 2 is 1.69 bits per heavy atom. The van der Waals surface area contributed by atoms with Gasteiger partial charge in [0.15, 0.2) is 5.85 Å². The molecule has 0 aliphatic heterocycles. The molecule has 0 radical (unpaired) electrons. The fourth-order valence-electron chi connectivity index (χ4n) is 1.08. The first-order chi connectivity index (χ1) is 7.64. The first-order valence-electron chi connectivity index (χ1n) is 5.77. The summed E-state index contributed by atoms with van der Waals surface area (Å²) in [6.45, 7) is 10.6. The van der Waals surface area contributed by atoms with Gasteiger partial charge in [-0.05, 0) is 19.8 Å². The Morgan fingerprint density at radius 3 is 2.00 bits per heavy atom. The molecule has 0 spiro atoms. The van der Waals surface area contributed by atoms with Crippen LogP contribution in [-0.4, -0.2) is 25.7 Å². The summed E-state index contributed by atoms with van der Waals surface area (Å²) in [5.41, 5.74) is 0. The van der Waals surface area contributed by atoms with Gasteiger partial charge in [-0.3, -0.25) is 4.57 Å².